The normalized spacial score (nSPS) is 11.7. The maximum Gasteiger partial charge on any atom is 0.416 e. The summed E-state index contributed by atoms with van der Waals surface area (Å²) in [5.74, 6) is -3.95. The van der Waals surface area contributed by atoms with E-state index in [-0.39, 0.29) is 23.6 Å². The summed E-state index contributed by atoms with van der Waals surface area (Å²) >= 11 is 0. The number of phenolic OH excluding ortho intramolecular Hbond substituents is 1. The first-order valence-corrected chi connectivity index (χ1v) is 6.72. The molecule has 0 unspecified atom stereocenters. The molecule has 0 aliphatic heterocycles. The average molecular weight is 340 g/mol. The number of hydrogen-bond donors (Lipinski definition) is 1. The fourth-order valence-electron chi connectivity index (χ4n) is 2.28. The summed E-state index contributed by atoms with van der Waals surface area (Å²) in [4.78, 5) is 0. The van der Waals surface area contributed by atoms with Crippen LogP contribution in [0.4, 0.5) is 22.0 Å². The zero-order valence-corrected chi connectivity index (χ0v) is 11.9. The van der Waals surface area contributed by atoms with Crippen molar-refractivity contribution in [1.82, 2.24) is 0 Å². The van der Waals surface area contributed by atoms with Gasteiger partial charge >= 0.3 is 6.18 Å². The molecular weight excluding hydrogens is 331 g/mol. The molecule has 0 spiro atoms. The van der Waals surface area contributed by atoms with Crippen LogP contribution >= 0.6 is 0 Å². The maximum atomic E-state index is 13.9. The molecular formula is C17H9F5O2. The molecule has 3 rings (SSSR count). The SMILES string of the molecule is Oc1cccc2c(Oc3c(F)cc(C(F)(F)F)cc3F)cccc12. The van der Waals surface area contributed by atoms with Crippen LogP contribution in [0.2, 0.25) is 0 Å². The van der Waals surface area contributed by atoms with Crippen molar-refractivity contribution in [2.24, 2.45) is 0 Å². The van der Waals surface area contributed by atoms with Crippen LogP contribution in [0.15, 0.2) is 48.5 Å². The van der Waals surface area contributed by atoms with E-state index in [0.717, 1.165) is 0 Å². The highest BCUT2D eigenvalue weighted by Gasteiger charge is 2.33. The van der Waals surface area contributed by atoms with Gasteiger partial charge in [0.25, 0.3) is 0 Å². The van der Waals surface area contributed by atoms with Crippen LogP contribution in [0.5, 0.6) is 17.2 Å². The molecule has 124 valence electrons. The molecule has 0 saturated heterocycles. The Labute approximate surface area is 132 Å². The van der Waals surface area contributed by atoms with Gasteiger partial charge in [0.2, 0.25) is 0 Å². The first kappa shape index (κ1) is 16.0. The predicted octanol–water partition coefficient (Wildman–Crippen LogP) is 5.63. The zero-order chi connectivity index (χ0) is 17.5. The molecule has 0 aliphatic rings. The average Bonchev–Trinajstić information content (AvgIpc) is 2.50. The summed E-state index contributed by atoms with van der Waals surface area (Å²) < 4.78 is 70.6. The van der Waals surface area contributed by atoms with E-state index in [9.17, 15) is 27.1 Å². The van der Waals surface area contributed by atoms with E-state index >= 15 is 0 Å². The number of rotatable bonds is 2. The third kappa shape index (κ3) is 2.84. The minimum Gasteiger partial charge on any atom is -0.507 e. The summed E-state index contributed by atoms with van der Waals surface area (Å²) in [6.45, 7) is 0. The first-order valence-electron chi connectivity index (χ1n) is 6.72. The summed E-state index contributed by atoms with van der Waals surface area (Å²) in [5, 5.41) is 10.5. The summed E-state index contributed by atoms with van der Waals surface area (Å²) in [6, 6.07) is 9.24. The molecule has 3 aromatic carbocycles. The number of benzene rings is 3. The van der Waals surface area contributed by atoms with Gasteiger partial charge in [-0.05, 0) is 24.3 Å². The van der Waals surface area contributed by atoms with Gasteiger partial charge in [0.05, 0.1) is 5.56 Å². The van der Waals surface area contributed by atoms with E-state index in [1.165, 1.54) is 24.3 Å². The van der Waals surface area contributed by atoms with E-state index in [4.69, 9.17) is 4.74 Å². The summed E-state index contributed by atoms with van der Waals surface area (Å²) in [5.41, 5.74) is -1.44. The summed E-state index contributed by atoms with van der Waals surface area (Å²) in [7, 11) is 0. The second-order valence-electron chi connectivity index (χ2n) is 5.00. The van der Waals surface area contributed by atoms with Crippen molar-refractivity contribution >= 4 is 10.8 Å². The van der Waals surface area contributed by atoms with Crippen molar-refractivity contribution in [3.05, 3.63) is 65.7 Å². The predicted molar refractivity (Wildman–Crippen MR) is 77.0 cm³/mol. The van der Waals surface area contributed by atoms with Crippen molar-refractivity contribution in [2.45, 2.75) is 6.18 Å². The van der Waals surface area contributed by atoms with Gasteiger partial charge in [-0.1, -0.05) is 24.3 Å². The lowest BCUT2D eigenvalue weighted by atomic mass is 10.1. The number of fused-ring (bicyclic) bond motifs is 1. The van der Waals surface area contributed by atoms with Gasteiger partial charge in [-0.3, -0.25) is 0 Å². The number of halogens is 5. The van der Waals surface area contributed by atoms with Crippen LogP contribution in [0.25, 0.3) is 10.8 Å². The molecule has 0 heterocycles. The highest BCUT2D eigenvalue weighted by atomic mass is 19.4. The molecule has 0 saturated carbocycles. The molecule has 0 bridgehead atoms. The van der Waals surface area contributed by atoms with Gasteiger partial charge in [-0.25, -0.2) is 8.78 Å². The second kappa shape index (κ2) is 5.67. The number of aromatic hydroxyl groups is 1. The lowest BCUT2D eigenvalue weighted by molar-refractivity contribution is -0.138. The number of alkyl halides is 3. The highest BCUT2D eigenvalue weighted by Crippen LogP contribution is 2.38. The molecule has 0 amide bonds. The summed E-state index contributed by atoms with van der Waals surface area (Å²) in [6.07, 6.45) is -4.87. The minimum atomic E-state index is -4.87. The fourth-order valence-corrected chi connectivity index (χ4v) is 2.28. The van der Waals surface area contributed by atoms with Gasteiger partial charge in [0.1, 0.15) is 11.5 Å². The second-order valence-corrected chi connectivity index (χ2v) is 5.00. The maximum absolute atomic E-state index is 13.9. The zero-order valence-electron chi connectivity index (χ0n) is 11.9. The molecule has 0 aromatic heterocycles. The Morgan fingerprint density at radius 1 is 0.833 bits per heavy atom. The van der Waals surface area contributed by atoms with Crippen LogP contribution in [-0.2, 0) is 6.18 Å². The molecule has 1 N–H and O–H groups in total. The molecule has 0 atom stereocenters. The molecule has 0 radical (unpaired) electrons. The highest BCUT2D eigenvalue weighted by molar-refractivity contribution is 5.93. The largest absolute Gasteiger partial charge is 0.507 e. The van der Waals surface area contributed by atoms with E-state index in [1.807, 2.05) is 0 Å². The number of hydrogen-bond acceptors (Lipinski definition) is 2. The van der Waals surface area contributed by atoms with Gasteiger partial charge < -0.3 is 9.84 Å². The van der Waals surface area contributed by atoms with Gasteiger partial charge in [-0.2, -0.15) is 13.2 Å². The molecule has 2 nitrogen and oxygen atoms in total. The molecule has 0 aliphatic carbocycles. The van der Waals surface area contributed by atoms with Crippen LogP contribution < -0.4 is 4.74 Å². The first-order chi connectivity index (χ1) is 11.3. The van der Waals surface area contributed by atoms with Crippen molar-refractivity contribution in [3.63, 3.8) is 0 Å². The third-order valence-corrected chi connectivity index (χ3v) is 3.40. The van der Waals surface area contributed by atoms with Gasteiger partial charge in [-0.15, -0.1) is 0 Å². The lowest BCUT2D eigenvalue weighted by Gasteiger charge is -2.13. The Morgan fingerprint density at radius 3 is 2.04 bits per heavy atom. The van der Waals surface area contributed by atoms with E-state index in [0.29, 0.717) is 10.8 Å². The lowest BCUT2D eigenvalue weighted by Crippen LogP contribution is -2.07. The Morgan fingerprint density at radius 2 is 1.42 bits per heavy atom. The third-order valence-electron chi connectivity index (χ3n) is 3.40. The Bertz CT molecular complexity index is 895. The van der Waals surface area contributed by atoms with Crippen LogP contribution in [0, 0.1) is 11.6 Å². The standard InChI is InChI=1S/C17H9F5O2/c18-12-7-9(17(20,21)22)8-13(19)16(12)24-15-6-2-3-10-11(15)4-1-5-14(10)23/h1-8,23H. The van der Waals surface area contributed by atoms with Crippen molar-refractivity contribution < 1.29 is 31.8 Å². The fraction of sp³-hybridized carbons (Fsp3) is 0.0588. The van der Waals surface area contributed by atoms with Gasteiger partial charge in [0.15, 0.2) is 17.4 Å². The van der Waals surface area contributed by atoms with Crippen LogP contribution in [0.3, 0.4) is 0 Å². The van der Waals surface area contributed by atoms with Crippen molar-refractivity contribution in [2.75, 3.05) is 0 Å². The topological polar surface area (TPSA) is 29.5 Å². The van der Waals surface area contributed by atoms with Gasteiger partial charge in [0, 0.05) is 10.8 Å². The Kier molecular flexibility index (Phi) is 3.79. The minimum absolute atomic E-state index is 0.000888. The number of ether oxygens (including phenoxy) is 1. The van der Waals surface area contributed by atoms with E-state index in [1.54, 1.807) is 12.1 Å². The van der Waals surface area contributed by atoms with Crippen molar-refractivity contribution in [3.8, 4) is 17.2 Å². The molecule has 0 fully saturated rings. The molecule has 7 heteroatoms. The number of phenols is 1. The van der Waals surface area contributed by atoms with E-state index in [2.05, 4.69) is 0 Å². The Balaban J connectivity index is 2.08. The monoisotopic (exact) mass is 340 g/mol. The quantitative estimate of drug-likeness (QED) is 0.612. The Hall–Kier alpha value is -2.83. The van der Waals surface area contributed by atoms with Crippen LogP contribution in [0.1, 0.15) is 5.56 Å². The van der Waals surface area contributed by atoms with E-state index < -0.39 is 29.1 Å². The molecule has 3 aromatic rings. The molecule has 24 heavy (non-hydrogen) atoms. The van der Waals surface area contributed by atoms with Crippen LogP contribution in [-0.4, -0.2) is 5.11 Å². The smallest absolute Gasteiger partial charge is 0.416 e. The van der Waals surface area contributed by atoms with Crippen molar-refractivity contribution in [1.29, 1.82) is 0 Å².